The van der Waals surface area contributed by atoms with Gasteiger partial charge in [0.2, 0.25) is 5.60 Å². The second-order valence-corrected chi connectivity index (χ2v) is 6.35. The molecule has 4 nitrogen and oxygen atoms in total. The Labute approximate surface area is 120 Å². The van der Waals surface area contributed by atoms with Crippen LogP contribution in [0.3, 0.4) is 0 Å². The van der Waals surface area contributed by atoms with E-state index in [0.717, 1.165) is 51.7 Å². The maximum absolute atomic E-state index is 12.4. The fraction of sp³-hybridized carbons (Fsp3) is 0.812. The Kier molecular flexibility index (Phi) is 3.74. The highest BCUT2D eigenvalue weighted by Crippen LogP contribution is 2.38. The Morgan fingerprint density at radius 3 is 2.45 bits per heavy atom. The molecule has 4 aliphatic rings. The first-order valence-corrected chi connectivity index (χ1v) is 7.73. The number of ether oxygens (including phenoxy) is 1. The Bertz CT molecular complexity index is 440. The van der Waals surface area contributed by atoms with Gasteiger partial charge in [0.05, 0.1) is 0 Å². The van der Waals surface area contributed by atoms with E-state index in [4.69, 9.17) is 4.74 Å². The summed E-state index contributed by atoms with van der Waals surface area (Å²) in [6.45, 7) is 4.70. The molecule has 4 fully saturated rings. The smallest absolute Gasteiger partial charge is 0.351 e. The van der Waals surface area contributed by atoms with E-state index in [-0.39, 0.29) is 12.0 Å². The average molecular weight is 277 g/mol. The molecule has 20 heavy (non-hydrogen) atoms. The van der Waals surface area contributed by atoms with Crippen molar-refractivity contribution in [3.63, 3.8) is 0 Å². The molecular formula is C16H23NO3. The van der Waals surface area contributed by atoms with Gasteiger partial charge in [-0.15, -0.1) is 5.92 Å². The number of piperidine rings is 3. The fourth-order valence-electron chi connectivity index (χ4n) is 3.61. The highest BCUT2D eigenvalue weighted by atomic mass is 16.6. The molecule has 0 amide bonds. The predicted molar refractivity (Wildman–Crippen MR) is 74.8 cm³/mol. The third kappa shape index (κ3) is 2.34. The van der Waals surface area contributed by atoms with Crippen molar-refractivity contribution in [3.8, 4) is 11.8 Å². The minimum atomic E-state index is -1.58. The SMILES string of the molecule is CC#CC(O)(C(=O)OC1CN2CCC1CC2)C1CCC1. The van der Waals surface area contributed by atoms with Crippen LogP contribution in [0, 0.1) is 23.7 Å². The summed E-state index contributed by atoms with van der Waals surface area (Å²) in [6, 6.07) is 0. The van der Waals surface area contributed by atoms with Gasteiger partial charge in [0.1, 0.15) is 6.10 Å². The van der Waals surface area contributed by atoms with E-state index in [1.165, 1.54) is 0 Å². The van der Waals surface area contributed by atoms with Crippen LogP contribution < -0.4 is 0 Å². The summed E-state index contributed by atoms with van der Waals surface area (Å²) in [5, 5.41) is 10.6. The standard InChI is InChI=1S/C16H23NO3/c1-2-8-16(19,13-4-3-5-13)15(18)20-14-11-17-9-6-12(14)7-10-17/h12-14,19H,3-7,9-11H2,1H3. The van der Waals surface area contributed by atoms with Gasteiger partial charge in [0.15, 0.2) is 0 Å². The van der Waals surface area contributed by atoms with Gasteiger partial charge in [-0.25, -0.2) is 4.79 Å². The van der Waals surface area contributed by atoms with Gasteiger partial charge in [-0.2, -0.15) is 0 Å². The number of aliphatic hydroxyl groups is 1. The van der Waals surface area contributed by atoms with E-state index in [2.05, 4.69) is 16.7 Å². The highest BCUT2D eigenvalue weighted by Gasteiger charge is 2.48. The summed E-state index contributed by atoms with van der Waals surface area (Å²) in [5.41, 5.74) is -1.58. The molecule has 2 unspecified atom stereocenters. The van der Waals surface area contributed by atoms with Crippen LogP contribution in [0.15, 0.2) is 0 Å². The van der Waals surface area contributed by atoms with E-state index >= 15 is 0 Å². The van der Waals surface area contributed by atoms with Crippen molar-refractivity contribution in [1.29, 1.82) is 0 Å². The molecule has 3 heterocycles. The Morgan fingerprint density at radius 1 is 1.30 bits per heavy atom. The second kappa shape index (κ2) is 5.38. The summed E-state index contributed by atoms with van der Waals surface area (Å²) in [4.78, 5) is 14.8. The quantitative estimate of drug-likeness (QED) is 0.621. The minimum Gasteiger partial charge on any atom is -0.458 e. The van der Waals surface area contributed by atoms with Crippen LogP contribution in [0.5, 0.6) is 0 Å². The van der Waals surface area contributed by atoms with Gasteiger partial charge < -0.3 is 9.84 Å². The zero-order valence-corrected chi connectivity index (χ0v) is 12.1. The van der Waals surface area contributed by atoms with Gasteiger partial charge in [0.25, 0.3) is 0 Å². The third-order valence-electron chi connectivity index (χ3n) is 5.18. The van der Waals surface area contributed by atoms with Crippen LogP contribution in [0.2, 0.25) is 0 Å². The Morgan fingerprint density at radius 2 is 2.00 bits per heavy atom. The first-order valence-electron chi connectivity index (χ1n) is 7.73. The number of hydrogen-bond donors (Lipinski definition) is 1. The van der Waals surface area contributed by atoms with Crippen molar-refractivity contribution in [2.75, 3.05) is 19.6 Å². The topological polar surface area (TPSA) is 49.8 Å². The molecule has 0 radical (unpaired) electrons. The van der Waals surface area contributed by atoms with Gasteiger partial charge in [-0.1, -0.05) is 12.3 Å². The summed E-state index contributed by atoms with van der Waals surface area (Å²) in [7, 11) is 0. The largest absolute Gasteiger partial charge is 0.458 e. The number of carbonyl (C=O) groups excluding carboxylic acids is 1. The fourth-order valence-corrected chi connectivity index (χ4v) is 3.61. The predicted octanol–water partition coefficient (Wildman–Crippen LogP) is 1.18. The second-order valence-electron chi connectivity index (χ2n) is 6.35. The maximum atomic E-state index is 12.4. The van der Waals surface area contributed by atoms with Crippen molar-refractivity contribution in [1.82, 2.24) is 4.90 Å². The monoisotopic (exact) mass is 277 g/mol. The highest BCUT2D eigenvalue weighted by molar-refractivity contribution is 5.84. The number of esters is 1. The molecule has 1 aliphatic carbocycles. The van der Waals surface area contributed by atoms with Gasteiger partial charge in [0, 0.05) is 12.5 Å². The van der Waals surface area contributed by atoms with Crippen LogP contribution >= 0.6 is 0 Å². The molecule has 2 atom stereocenters. The van der Waals surface area contributed by atoms with E-state index < -0.39 is 11.6 Å². The molecule has 110 valence electrons. The van der Waals surface area contributed by atoms with Crippen LogP contribution in [-0.2, 0) is 9.53 Å². The zero-order chi connectivity index (χ0) is 14.2. The number of nitrogens with zero attached hydrogens (tertiary/aromatic N) is 1. The Balaban J connectivity index is 1.68. The Hall–Kier alpha value is -1.05. The lowest BCUT2D eigenvalue weighted by Crippen LogP contribution is -2.55. The van der Waals surface area contributed by atoms with Crippen LogP contribution in [-0.4, -0.2) is 47.3 Å². The summed E-state index contributed by atoms with van der Waals surface area (Å²) >= 11 is 0. The maximum Gasteiger partial charge on any atom is 0.351 e. The lowest BCUT2D eigenvalue weighted by molar-refractivity contribution is -0.181. The number of fused-ring (bicyclic) bond motifs is 3. The first-order chi connectivity index (χ1) is 9.63. The summed E-state index contributed by atoms with van der Waals surface area (Å²) in [5.74, 6) is 5.30. The zero-order valence-electron chi connectivity index (χ0n) is 12.1. The van der Waals surface area contributed by atoms with E-state index in [1.807, 2.05) is 0 Å². The van der Waals surface area contributed by atoms with Crippen LogP contribution in [0.1, 0.15) is 39.0 Å². The van der Waals surface area contributed by atoms with Crippen LogP contribution in [0.25, 0.3) is 0 Å². The molecule has 0 aromatic rings. The summed E-state index contributed by atoms with van der Waals surface area (Å²) in [6.07, 6.45) is 4.92. The van der Waals surface area contributed by atoms with Crippen molar-refractivity contribution >= 4 is 5.97 Å². The third-order valence-corrected chi connectivity index (χ3v) is 5.18. The van der Waals surface area contributed by atoms with Crippen molar-refractivity contribution < 1.29 is 14.6 Å². The van der Waals surface area contributed by atoms with E-state index in [0.29, 0.717) is 5.92 Å². The lowest BCUT2D eigenvalue weighted by atomic mass is 9.73. The molecule has 4 rings (SSSR count). The molecule has 0 aromatic heterocycles. The van der Waals surface area contributed by atoms with Crippen molar-refractivity contribution in [2.45, 2.75) is 50.7 Å². The average Bonchev–Trinajstić information content (AvgIpc) is 2.38. The molecule has 4 heteroatoms. The van der Waals surface area contributed by atoms with Crippen molar-refractivity contribution in [3.05, 3.63) is 0 Å². The first kappa shape index (κ1) is 13.9. The van der Waals surface area contributed by atoms with Gasteiger partial charge in [-0.3, -0.25) is 4.90 Å². The molecule has 1 N–H and O–H groups in total. The minimum absolute atomic E-state index is 0.0523. The lowest BCUT2D eigenvalue weighted by Gasteiger charge is -2.45. The molecule has 3 saturated heterocycles. The summed E-state index contributed by atoms with van der Waals surface area (Å²) < 4.78 is 5.67. The normalized spacial score (nSPS) is 35.4. The van der Waals surface area contributed by atoms with E-state index in [1.54, 1.807) is 6.92 Å². The molecule has 3 aliphatic heterocycles. The number of rotatable bonds is 3. The molecule has 0 spiro atoms. The number of carbonyl (C=O) groups is 1. The van der Waals surface area contributed by atoms with E-state index in [9.17, 15) is 9.90 Å². The van der Waals surface area contributed by atoms with Gasteiger partial charge in [-0.05, 0) is 51.6 Å². The molecule has 0 aromatic carbocycles. The molecular weight excluding hydrogens is 254 g/mol. The van der Waals surface area contributed by atoms with Crippen LogP contribution in [0.4, 0.5) is 0 Å². The molecule has 2 bridgehead atoms. The number of hydrogen-bond acceptors (Lipinski definition) is 4. The van der Waals surface area contributed by atoms with Gasteiger partial charge >= 0.3 is 5.97 Å². The van der Waals surface area contributed by atoms with Crippen molar-refractivity contribution in [2.24, 2.45) is 11.8 Å². The molecule has 1 saturated carbocycles.